The van der Waals surface area contributed by atoms with Gasteiger partial charge in [0, 0.05) is 5.56 Å². The van der Waals surface area contributed by atoms with Crippen LogP contribution >= 0.6 is 0 Å². The average molecular weight is 395 g/mol. The number of aromatic nitrogens is 2. The van der Waals surface area contributed by atoms with Crippen LogP contribution in [0.15, 0.2) is 88.6 Å². The minimum Gasteiger partial charge on any atom is -0.324 e. The number of carbonyl (C=O) groups is 2. The number of fused-ring (bicyclic) bond motifs is 2. The van der Waals surface area contributed by atoms with Crippen LogP contribution in [0.1, 0.15) is 11.1 Å². The number of nitrogens with one attached hydrogen (secondary N) is 2. The third-order valence-corrected chi connectivity index (χ3v) is 5.05. The topological polar surface area (TPSA) is 99.6 Å². The zero-order valence-electron chi connectivity index (χ0n) is 15.9. The smallest absolute Gasteiger partial charge is 0.276 e. The summed E-state index contributed by atoms with van der Waals surface area (Å²) in [5.41, 5.74) is 4.91. The molecule has 7 nitrogen and oxygen atoms in total. The van der Waals surface area contributed by atoms with Crippen LogP contribution in [0.3, 0.4) is 0 Å². The Kier molecular flexibility index (Phi) is 4.40. The van der Waals surface area contributed by atoms with Crippen molar-refractivity contribution in [3.63, 3.8) is 0 Å². The van der Waals surface area contributed by atoms with E-state index in [1.54, 1.807) is 0 Å². The van der Waals surface area contributed by atoms with Crippen molar-refractivity contribution in [2.45, 2.75) is 6.42 Å². The van der Waals surface area contributed by atoms with Crippen molar-refractivity contribution in [1.29, 1.82) is 0 Å². The van der Waals surface area contributed by atoms with Crippen molar-refractivity contribution in [3.05, 3.63) is 89.5 Å². The zero-order valence-corrected chi connectivity index (χ0v) is 15.9. The monoisotopic (exact) mass is 395 g/mol. The Hall–Kier alpha value is -4.13. The molecule has 0 saturated carbocycles. The molecule has 0 radical (unpaired) electrons. The van der Waals surface area contributed by atoms with Gasteiger partial charge in [-0.15, -0.1) is 10.2 Å². The maximum Gasteiger partial charge on any atom is 0.276 e. The highest BCUT2D eigenvalue weighted by molar-refractivity contribution is 5.93. The normalized spacial score (nSPS) is 17.5. The average Bonchev–Trinajstić information content (AvgIpc) is 3.17. The highest BCUT2D eigenvalue weighted by Crippen LogP contribution is 2.34. The van der Waals surface area contributed by atoms with E-state index in [0.717, 1.165) is 27.7 Å². The molecular formula is C23H17N5O2. The molecule has 1 aliphatic carbocycles. The van der Waals surface area contributed by atoms with Gasteiger partial charge in [-0.3, -0.25) is 14.9 Å². The molecule has 2 N–H and O–H groups in total. The second kappa shape index (κ2) is 7.36. The Labute approximate surface area is 171 Å². The third kappa shape index (κ3) is 3.37. The summed E-state index contributed by atoms with van der Waals surface area (Å²) in [5, 5.41) is 10.7. The van der Waals surface area contributed by atoms with E-state index in [2.05, 4.69) is 25.5 Å². The molecule has 2 amide bonds. The second-order valence-electron chi connectivity index (χ2n) is 7.09. The van der Waals surface area contributed by atoms with Gasteiger partial charge in [-0.25, -0.2) is 4.98 Å². The van der Waals surface area contributed by atoms with Crippen molar-refractivity contribution >= 4 is 34.5 Å². The first-order valence-corrected chi connectivity index (χ1v) is 9.56. The molecule has 2 aliphatic rings. The number of H-pyrrole nitrogens is 1. The summed E-state index contributed by atoms with van der Waals surface area (Å²) in [7, 11) is 0. The number of rotatable bonds is 4. The molecule has 1 aromatic heterocycles. The van der Waals surface area contributed by atoms with Gasteiger partial charge in [-0.2, -0.15) is 0 Å². The molecule has 0 saturated heterocycles. The first kappa shape index (κ1) is 17.9. The minimum atomic E-state index is -0.378. The summed E-state index contributed by atoms with van der Waals surface area (Å²) in [6.07, 6.45) is 7.66. The van der Waals surface area contributed by atoms with Crippen LogP contribution < -0.4 is 5.32 Å². The molecule has 5 rings (SSSR count). The second-order valence-corrected chi connectivity index (χ2v) is 7.09. The van der Waals surface area contributed by atoms with Crippen molar-refractivity contribution < 1.29 is 9.59 Å². The number of amides is 2. The van der Waals surface area contributed by atoms with Crippen LogP contribution in [0.5, 0.6) is 0 Å². The Morgan fingerprint density at radius 3 is 2.70 bits per heavy atom. The van der Waals surface area contributed by atoms with E-state index in [1.807, 2.05) is 72.8 Å². The molecule has 0 spiro atoms. The fourth-order valence-electron chi connectivity index (χ4n) is 3.58. The molecule has 1 aliphatic heterocycles. The van der Waals surface area contributed by atoms with Gasteiger partial charge in [0.05, 0.1) is 29.1 Å². The predicted octanol–water partition coefficient (Wildman–Crippen LogP) is 4.19. The van der Waals surface area contributed by atoms with Gasteiger partial charge in [0.2, 0.25) is 11.9 Å². The quantitative estimate of drug-likeness (QED) is 0.693. The molecule has 1 unspecified atom stereocenters. The number of hydrogen-bond acceptors (Lipinski definition) is 4. The number of carbonyl (C=O) groups excluding carboxylic acids is 2. The van der Waals surface area contributed by atoms with Crippen molar-refractivity contribution in [2.75, 3.05) is 5.32 Å². The highest BCUT2D eigenvalue weighted by Gasteiger charge is 2.27. The summed E-state index contributed by atoms with van der Waals surface area (Å²) in [6.45, 7) is 0. The molecule has 0 fully saturated rings. The van der Waals surface area contributed by atoms with Gasteiger partial charge in [0.25, 0.3) is 5.91 Å². The number of para-hydroxylation sites is 2. The van der Waals surface area contributed by atoms with E-state index in [9.17, 15) is 9.59 Å². The SMILES string of the molecule is O=C(Cc1ccc(C2=C3C=CC=CC3C(=O)N=N2)cc1)Nc1nc2ccccc2[nH]1. The van der Waals surface area contributed by atoms with Gasteiger partial charge in [-0.1, -0.05) is 60.7 Å². The summed E-state index contributed by atoms with van der Waals surface area (Å²) >= 11 is 0. The number of imidazole rings is 1. The fraction of sp³-hybridized carbons (Fsp3) is 0.0870. The predicted molar refractivity (Wildman–Crippen MR) is 113 cm³/mol. The lowest BCUT2D eigenvalue weighted by atomic mass is 9.89. The van der Waals surface area contributed by atoms with Crippen molar-refractivity contribution in [2.24, 2.45) is 16.1 Å². The number of hydrogen-bond donors (Lipinski definition) is 2. The largest absolute Gasteiger partial charge is 0.324 e. The molecule has 3 aromatic rings. The van der Waals surface area contributed by atoms with Crippen molar-refractivity contribution in [1.82, 2.24) is 9.97 Å². The van der Waals surface area contributed by atoms with Crippen LogP contribution in [0.25, 0.3) is 16.7 Å². The maximum atomic E-state index is 12.4. The van der Waals surface area contributed by atoms with E-state index in [1.165, 1.54) is 0 Å². The van der Waals surface area contributed by atoms with Gasteiger partial charge in [0.1, 0.15) is 0 Å². The summed E-state index contributed by atoms with van der Waals surface area (Å²) in [6, 6.07) is 15.1. The van der Waals surface area contributed by atoms with Gasteiger partial charge in [0.15, 0.2) is 0 Å². The molecular weight excluding hydrogens is 378 g/mol. The Morgan fingerprint density at radius 2 is 1.87 bits per heavy atom. The lowest BCUT2D eigenvalue weighted by Crippen LogP contribution is -2.17. The molecule has 1 atom stereocenters. The van der Waals surface area contributed by atoms with Gasteiger partial charge >= 0.3 is 0 Å². The summed E-state index contributed by atoms with van der Waals surface area (Å²) in [4.78, 5) is 31.8. The molecule has 146 valence electrons. The number of anilines is 1. The number of allylic oxidation sites excluding steroid dienone is 3. The molecule has 2 heterocycles. The zero-order chi connectivity index (χ0) is 20.5. The maximum absolute atomic E-state index is 12.4. The van der Waals surface area contributed by atoms with E-state index in [-0.39, 0.29) is 24.2 Å². The highest BCUT2D eigenvalue weighted by atomic mass is 16.2. The first-order valence-electron chi connectivity index (χ1n) is 9.56. The first-order chi connectivity index (χ1) is 14.7. The number of benzene rings is 2. The molecule has 7 heteroatoms. The van der Waals surface area contributed by atoms with Crippen LogP contribution in [0, 0.1) is 5.92 Å². The Bertz CT molecular complexity index is 1250. The lowest BCUT2D eigenvalue weighted by Gasteiger charge is -2.19. The minimum absolute atomic E-state index is 0.160. The summed E-state index contributed by atoms with van der Waals surface area (Å²) in [5.74, 6) is -0.363. The summed E-state index contributed by atoms with van der Waals surface area (Å²) < 4.78 is 0. The van der Waals surface area contributed by atoms with Crippen molar-refractivity contribution in [3.8, 4) is 0 Å². The Morgan fingerprint density at radius 1 is 1.03 bits per heavy atom. The molecule has 30 heavy (non-hydrogen) atoms. The number of aromatic amines is 1. The van der Waals surface area contributed by atoms with E-state index in [0.29, 0.717) is 11.6 Å². The standard InChI is InChI=1S/C23H17N5O2/c29-20(26-23-24-18-7-3-4-8-19(18)25-23)13-14-9-11-15(12-10-14)21-16-5-1-2-6-17(16)22(30)28-27-21/h1-12,17H,13H2,(H2,24,25,26,29). The molecule has 0 bridgehead atoms. The third-order valence-electron chi connectivity index (χ3n) is 5.05. The number of azo groups is 1. The van der Waals surface area contributed by atoms with E-state index >= 15 is 0 Å². The van der Waals surface area contributed by atoms with Crippen LogP contribution in [-0.2, 0) is 16.0 Å². The van der Waals surface area contributed by atoms with Gasteiger partial charge < -0.3 is 4.98 Å². The fourth-order valence-corrected chi connectivity index (χ4v) is 3.58. The Balaban J connectivity index is 1.31. The van der Waals surface area contributed by atoms with E-state index < -0.39 is 0 Å². The van der Waals surface area contributed by atoms with Crippen LogP contribution in [-0.4, -0.2) is 21.8 Å². The van der Waals surface area contributed by atoms with Crippen LogP contribution in [0.4, 0.5) is 5.95 Å². The molecule has 2 aromatic carbocycles. The lowest BCUT2D eigenvalue weighted by molar-refractivity contribution is -0.120. The van der Waals surface area contributed by atoms with Gasteiger partial charge in [-0.05, 0) is 23.3 Å². The van der Waals surface area contributed by atoms with Crippen LogP contribution in [0.2, 0.25) is 0 Å². The number of nitrogens with zero attached hydrogens (tertiary/aromatic N) is 3. The van der Waals surface area contributed by atoms with E-state index in [4.69, 9.17) is 0 Å².